The van der Waals surface area contributed by atoms with Crippen molar-refractivity contribution in [2.75, 3.05) is 0 Å². The molecule has 0 spiro atoms. The smallest absolute Gasteiger partial charge is 0.251 e. The van der Waals surface area contributed by atoms with Gasteiger partial charge in [0.15, 0.2) is 4.77 Å². The minimum absolute atomic E-state index is 0.138. The van der Waals surface area contributed by atoms with Gasteiger partial charge >= 0.3 is 0 Å². The summed E-state index contributed by atoms with van der Waals surface area (Å²) in [4.78, 5) is 13.5. The number of aromatic amines is 1. The van der Waals surface area contributed by atoms with Crippen LogP contribution in [0.1, 0.15) is 27.2 Å². The zero-order valence-electron chi connectivity index (χ0n) is 8.83. The number of hydrogen-bond acceptors (Lipinski definition) is 2. The van der Waals surface area contributed by atoms with E-state index in [1.807, 2.05) is 4.57 Å². The SMILES string of the molecule is CCC(C)(C)Cn1ccc(=O)[nH]c1=S. The van der Waals surface area contributed by atoms with Crippen molar-refractivity contribution in [3.63, 3.8) is 0 Å². The molecular weight excluding hydrogens is 196 g/mol. The van der Waals surface area contributed by atoms with Gasteiger partial charge in [-0.1, -0.05) is 20.8 Å². The average Bonchev–Trinajstić information content (AvgIpc) is 2.10. The van der Waals surface area contributed by atoms with Gasteiger partial charge in [-0.05, 0) is 24.1 Å². The number of rotatable bonds is 3. The Morgan fingerprint density at radius 1 is 1.57 bits per heavy atom. The van der Waals surface area contributed by atoms with Crippen molar-refractivity contribution in [2.45, 2.75) is 33.7 Å². The molecule has 1 aromatic rings. The van der Waals surface area contributed by atoms with Gasteiger partial charge in [0, 0.05) is 18.8 Å². The minimum Gasteiger partial charge on any atom is -0.325 e. The lowest BCUT2D eigenvalue weighted by atomic mass is 9.90. The second-order valence-corrected chi connectivity index (χ2v) is 4.64. The van der Waals surface area contributed by atoms with E-state index in [9.17, 15) is 4.79 Å². The fourth-order valence-corrected chi connectivity index (χ4v) is 1.37. The molecule has 0 bridgehead atoms. The Kier molecular flexibility index (Phi) is 3.26. The van der Waals surface area contributed by atoms with Gasteiger partial charge in [-0.25, -0.2) is 0 Å². The summed E-state index contributed by atoms with van der Waals surface area (Å²) < 4.78 is 2.40. The molecule has 1 heterocycles. The molecule has 0 aromatic carbocycles. The first-order valence-corrected chi connectivity index (χ1v) is 5.15. The van der Waals surface area contributed by atoms with Crippen molar-refractivity contribution in [3.8, 4) is 0 Å². The first-order valence-electron chi connectivity index (χ1n) is 4.74. The lowest BCUT2D eigenvalue weighted by Crippen LogP contribution is -2.21. The van der Waals surface area contributed by atoms with Crippen molar-refractivity contribution in [1.82, 2.24) is 9.55 Å². The molecule has 1 aromatic heterocycles. The fourth-order valence-electron chi connectivity index (χ4n) is 1.14. The van der Waals surface area contributed by atoms with E-state index in [1.165, 1.54) is 6.07 Å². The predicted molar refractivity (Wildman–Crippen MR) is 60.0 cm³/mol. The molecular formula is C10H16N2OS. The van der Waals surface area contributed by atoms with Gasteiger partial charge < -0.3 is 4.57 Å². The van der Waals surface area contributed by atoms with Crippen LogP contribution in [0.3, 0.4) is 0 Å². The monoisotopic (exact) mass is 212 g/mol. The van der Waals surface area contributed by atoms with Gasteiger partial charge in [-0.2, -0.15) is 0 Å². The van der Waals surface area contributed by atoms with Gasteiger partial charge in [-0.3, -0.25) is 9.78 Å². The van der Waals surface area contributed by atoms with Crippen molar-refractivity contribution in [1.29, 1.82) is 0 Å². The van der Waals surface area contributed by atoms with Crippen LogP contribution in [0.15, 0.2) is 17.1 Å². The number of nitrogens with zero attached hydrogens (tertiary/aromatic N) is 1. The third-order valence-corrected chi connectivity index (χ3v) is 2.79. The zero-order valence-corrected chi connectivity index (χ0v) is 9.65. The number of hydrogen-bond donors (Lipinski definition) is 1. The summed E-state index contributed by atoms with van der Waals surface area (Å²) in [6.45, 7) is 7.34. The molecule has 78 valence electrons. The van der Waals surface area contributed by atoms with Crippen LogP contribution in [-0.4, -0.2) is 9.55 Å². The van der Waals surface area contributed by atoms with Crippen LogP contribution < -0.4 is 5.56 Å². The van der Waals surface area contributed by atoms with Gasteiger partial charge in [0.2, 0.25) is 0 Å². The molecule has 14 heavy (non-hydrogen) atoms. The number of nitrogens with one attached hydrogen (secondary N) is 1. The average molecular weight is 212 g/mol. The quantitative estimate of drug-likeness (QED) is 0.781. The molecule has 0 saturated heterocycles. The van der Waals surface area contributed by atoms with E-state index in [4.69, 9.17) is 12.2 Å². The van der Waals surface area contributed by atoms with Gasteiger partial charge in [0.05, 0.1) is 0 Å². The summed E-state index contributed by atoms with van der Waals surface area (Å²) in [7, 11) is 0. The molecule has 0 fully saturated rings. The van der Waals surface area contributed by atoms with Gasteiger partial charge in [-0.15, -0.1) is 0 Å². The van der Waals surface area contributed by atoms with Crippen molar-refractivity contribution in [2.24, 2.45) is 5.41 Å². The molecule has 1 rings (SSSR count). The molecule has 0 aliphatic carbocycles. The summed E-state index contributed by atoms with van der Waals surface area (Å²) in [6, 6.07) is 1.50. The summed E-state index contributed by atoms with van der Waals surface area (Å²) in [5.41, 5.74) is 0.0665. The maximum absolute atomic E-state index is 10.9. The Hall–Kier alpha value is -0.900. The second-order valence-electron chi connectivity index (χ2n) is 4.26. The molecule has 0 radical (unpaired) electrons. The molecule has 0 aliphatic heterocycles. The first-order chi connectivity index (χ1) is 6.44. The summed E-state index contributed by atoms with van der Waals surface area (Å²) >= 11 is 5.06. The minimum atomic E-state index is -0.138. The molecule has 0 saturated carbocycles. The van der Waals surface area contributed by atoms with Crippen LogP contribution in [0, 0.1) is 10.2 Å². The van der Waals surface area contributed by atoms with Crippen molar-refractivity contribution in [3.05, 3.63) is 27.4 Å². The maximum Gasteiger partial charge on any atom is 0.251 e. The second kappa shape index (κ2) is 4.09. The third kappa shape index (κ3) is 2.80. The topological polar surface area (TPSA) is 37.8 Å². The molecule has 0 aliphatic rings. The Morgan fingerprint density at radius 3 is 2.71 bits per heavy atom. The molecule has 0 unspecified atom stereocenters. The van der Waals surface area contributed by atoms with Crippen LogP contribution in [0.2, 0.25) is 0 Å². The molecule has 3 nitrogen and oxygen atoms in total. The number of aromatic nitrogens is 2. The zero-order chi connectivity index (χ0) is 10.8. The van der Waals surface area contributed by atoms with E-state index in [2.05, 4.69) is 25.8 Å². The Morgan fingerprint density at radius 2 is 2.21 bits per heavy atom. The maximum atomic E-state index is 10.9. The van der Waals surface area contributed by atoms with Crippen LogP contribution in [0.25, 0.3) is 0 Å². The van der Waals surface area contributed by atoms with E-state index in [-0.39, 0.29) is 11.0 Å². The molecule has 0 atom stereocenters. The largest absolute Gasteiger partial charge is 0.325 e. The normalized spacial score (nSPS) is 11.6. The first kappa shape index (κ1) is 11.2. The van der Waals surface area contributed by atoms with E-state index in [1.54, 1.807) is 6.20 Å². The van der Waals surface area contributed by atoms with Gasteiger partial charge in [0.25, 0.3) is 5.56 Å². The van der Waals surface area contributed by atoms with Crippen LogP contribution in [-0.2, 0) is 6.54 Å². The summed E-state index contributed by atoms with van der Waals surface area (Å²) in [6.07, 6.45) is 2.83. The molecule has 4 heteroatoms. The Balaban J connectivity index is 2.99. The standard InChI is InChI=1S/C10H16N2OS/c1-4-10(2,3)7-12-6-5-8(13)11-9(12)14/h5-6H,4,7H2,1-3H3,(H,11,13,14). The van der Waals surface area contributed by atoms with E-state index in [0.717, 1.165) is 13.0 Å². The predicted octanol–water partition coefficient (Wildman–Crippen LogP) is 2.34. The van der Waals surface area contributed by atoms with E-state index >= 15 is 0 Å². The third-order valence-electron chi connectivity index (χ3n) is 2.45. The Labute approximate surface area is 88.8 Å². The van der Waals surface area contributed by atoms with Crippen LogP contribution in [0.5, 0.6) is 0 Å². The van der Waals surface area contributed by atoms with Crippen LogP contribution in [0.4, 0.5) is 0 Å². The molecule has 0 amide bonds. The highest BCUT2D eigenvalue weighted by molar-refractivity contribution is 7.71. The highest BCUT2D eigenvalue weighted by atomic mass is 32.1. The fraction of sp³-hybridized carbons (Fsp3) is 0.600. The van der Waals surface area contributed by atoms with E-state index < -0.39 is 0 Å². The highest BCUT2D eigenvalue weighted by Gasteiger charge is 2.15. The van der Waals surface area contributed by atoms with Gasteiger partial charge in [0.1, 0.15) is 0 Å². The lowest BCUT2D eigenvalue weighted by molar-refractivity contribution is 0.290. The summed E-state index contributed by atoms with van der Waals surface area (Å²) in [5.74, 6) is 0. The van der Waals surface area contributed by atoms with Crippen LogP contribution >= 0.6 is 12.2 Å². The Bertz CT molecular complexity index is 417. The number of H-pyrrole nitrogens is 1. The summed E-state index contributed by atoms with van der Waals surface area (Å²) in [5, 5.41) is 0. The van der Waals surface area contributed by atoms with Crippen molar-refractivity contribution >= 4 is 12.2 Å². The highest BCUT2D eigenvalue weighted by Crippen LogP contribution is 2.21. The lowest BCUT2D eigenvalue weighted by Gasteiger charge is -2.23. The van der Waals surface area contributed by atoms with E-state index in [0.29, 0.717) is 4.77 Å². The van der Waals surface area contributed by atoms with Crippen molar-refractivity contribution < 1.29 is 0 Å². The molecule has 1 N–H and O–H groups in total.